The van der Waals surface area contributed by atoms with Crippen LogP contribution in [0.5, 0.6) is 5.75 Å². The van der Waals surface area contributed by atoms with E-state index in [9.17, 15) is 10.2 Å². The molecule has 6 N–H and O–H groups in total. The normalized spacial score (nSPS) is 12.1. The Morgan fingerprint density at radius 1 is 1.10 bits per heavy atom. The van der Waals surface area contributed by atoms with Gasteiger partial charge in [0.25, 0.3) is 0 Å². The van der Waals surface area contributed by atoms with Gasteiger partial charge in [0.1, 0.15) is 5.75 Å². The molecule has 5 heteroatoms. The number of nitrogens with one attached hydrogen (secondary N) is 1. The molecule has 0 heterocycles. The van der Waals surface area contributed by atoms with Gasteiger partial charge in [0, 0.05) is 29.0 Å². The molecule has 2 rings (SSSR count). The number of hydrogen-bond acceptors (Lipinski definition) is 5. The molecule has 0 bridgehead atoms. The van der Waals surface area contributed by atoms with Gasteiger partial charge in [-0.3, -0.25) is 0 Å². The van der Waals surface area contributed by atoms with E-state index in [-0.39, 0.29) is 18.9 Å². The zero-order valence-corrected chi connectivity index (χ0v) is 11.0. The summed E-state index contributed by atoms with van der Waals surface area (Å²) < 4.78 is 0. The average molecular weight is 274 g/mol. The lowest BCUT2D eigenvalue weighted by molar-refractivity contribution is 0.105. The van der Waals surface area contributed by atoms with Crippen molar-refractivity contribution in [2.24, 2.45) is 0 Å². The fourth-order valence-electron chi connectivity index (χ4n) is 1.93. The van der Waals surface area contributed by atoms with Gasteiger partial charge in [0.2, 0.25) is 0 Å². The molecule has 0 aliphatic carbocycles. The van der Waals surface area contributed by atoms with Crippen LogP contribution < -0.4 is 11.1 Å². The van der Waals surface area contributed by atoms with Gasteiger partial charge in [-0.05, 0) is 24.3 Å². The maximum Gasteiger partial charge on any atom is 0.123 e. The summed E-state index contributed by atoms with van der Waals surface area (Å²) in [4.78, 5) is 0. The molecule has 0 saturated heterocycles. The Morgan fingerprint density at radius 3 is 2.55 bits per heavy atom. The number of nitrogen functional groups attached to an aromatic ring is 1. The maximum absolute atomic E-state index is 9.94. The molecule has 20 heavy (non-hydrogen) atoms. The minimum absolute atomic E-state index is 0.156. The Labute approximate surface area is 117 Å². The summed E-state index contributed by atoms with van der Waals surface area (Å²) in [7, 11) is 0. The highest BCUT2D eigenvalue weighted by atomic mass is 16.3. The first-order chi connectivity index (χ1) is 9.61. The maximum atomic E-state index is 9.94. The first-order valence-corrected chi connectivity index (χ1v) is 6.32. The van der Waals surface area contributed by atoms with Crippen LogP contribution in [0.1, 0.15) is 0 Å². The molecule has 1 atom stereocenters. The highest BCUT2D eigenvalue weighted by Gasteiger charge is 2.10. The smallest absolute Gasteiger partial charge is 0.123 e. The van der Waals surface area contributed by atoms with Gasteiger partial charge in [-0.15, -0.1) is 0 Å². The summed E-state index contributed by atoms with van der Waals surface area (Å²) in [5.41, 5.74) is 8.51. The zero-order valence-electron chi connectivity index (χ0n) is 11.0. The van der Waals surface area contributed by atoms with Crippen molar-refractivity contribution in [3.8, 4) is 16.9 Å². The summed E-state index contributed by atoms with van der Waals surface area (Å²) in [6, 6.07) is 12.2. The highest BCUT2D eigenvalue weighted by Crippen LogP contribution is 2.35. The van der Waals surface area contributed by atoms with Crippen LogP contribution in [0.25, 0.3) is 11.1 Å². The third-order valence-corrected chi connectivity index (χ3v) is 2.98. The summed E-state index contributed by atoms with van der Waals surface area (Å²) in [5.74, 6) is 0.156. The molecule has 5 nitrogen and oxygen atoms in total. The van der Waals surface area contributed by atoms with Gasteiger partial charge in [0.15, 0.2) is 0 Å². The SMILES string of the molecule is Nc1ccc(NCC(O)CO)c(-c2ccccc2O)c1. The molecule has 0 aliphatic heterocycles. The lowest BCUT2D eigenvalue weighted by Crippen LogP contribution is -2.23. The van der Waals surface area contributed by atoms with Crippen LogP contribution in [-0.4, -0.2) is 34.6 Å². The number of para-hydroxylation sites is 1. The van der Waals surface area contributed by atoms with Crippen LogP contribution in [0.4, 0.5) is 11.4 Å². The Morgan fingerprint density at radius 2 is 1.85 bits per heavy atom. The minimum Gasteiger partial charge on any atom is -0.507 e. The van der Waals surface area contributed by atoms with E-state index >= 15 is 0 Å². The van der Waals surface area contributed by atoms with Crippen molar-refractivity contribution in [1.82, 2.24) is 0 Å². The second-order valence-electron chi connectivity index (χ2n) is 4.54. The molecule has 0 radical (unpaired) electrons. The quantitative estimate of drug-likeness (QED) is 0.531. The van der Waals surface area contributed by atoms with E-state index in [4.69, 9.17) is 10.8 Å². The van der Waals surface area contributed by atoms with E-state index in [0.29, 0.717) is 11.3 Å². The average Bonchev–Trinajstić information content (AvgIpc) is 2.46. The molecule has 0 aliphatic rings. The van der Waals surface area contributed by atoms with Gasteiger partial charge in [-0.2, -0.15) is 0 Å². The van der Waals surface area contributed by atoms with Crippen molar-refractivity contribution in [3.05, 3.63) is 42.5 Å². The number of phenolic OH excluding ortho intramolecular Hbond substituents is 1. The standard InChI is InChI=1S/C15H18N2O3/c16-10-5-6-14(17-8-11(19)9-18)13(7-10)12-3-1-2-4-15(12)20/h1-7,11,17-20H,8-9,16H2. The third-order valence-electron chi connectivity index (χ3n) is 2.98. The van der Waals surface area contributed by atoms with Crippen molar-refractivity contribution in [2.75, 3.05) is 24.2 Å². The topological polar surface area (TPSA) is 98.7 Å². The van der Waals surface area contributed by atoms with Crippen LogP contribution in [0.3, 0.4) is 0 Å². The summed E-state index contributed by atoms with van der Waals surface area (Å²) in [6.07, 6.45) is -0.843. The molecule has 1 unspecified atom stereocenters. The number of aliphatic hydroxyl groups excluding tert-OH is 2. The molecular formula is C15H18N2O3. The lowest BCUT2D eigenvalue weighted by Gasteiger charge is -2.15. The Balaban J connectivity index is 2.36. The van der Waals surface area contributed by atoms with Crippen LogP contribution in [0.2, 0.25) is 0 Å². The molecule has 0 fully saturated rings. The monoisotopic (exact) mass is 274 g/mol. The molecular weight excluding hydrogens is 256 g/mol. The van der Waals surface area contributed by atoms with Gasteiger partial charge in [-0.25, -0.2) is 0 Å². The minimum atomic E-state index is -0.843. The highest BCUT2D eigenvalue weighted by molar-refractivity contribution is 5.83. The largest absolute Gasteiger partial charge is 0.507 e. The second-order valence-corrected chi connectivity index (χ2v) is 4.54. The number of phenols is 1. The molecule has 0 amide bonds. The molecule has 0 aromatic heterocycles. The van der Waals surface area contributed by atoms with Crippen LogP contribution in [-0.2, 0) is 0 Å². The molecule has 0 saturated carbocycles. The predicted octanol–water partition coefficient (Wildman–Crippen LogP) is 1.41. The number of anilines is 2. The molecule has 2 aromatic carbocycles. The number of aliphatic hydroxyl groups is 2. The van der Waals surface area contributed by atoms with Gasteiger partial charge in [-0.1, -0.05) is 18.2 Å². The Bertz CT molecular complexity index is 587. The number of hydrogen-bond donors (Lipinski definition) is 5. The van der Waals surface area contributed by atoms with Crippen molar-refractivity contribution in [3.63, 3.8) is 0 Å². The van der Waals surface area contributed by atoms with Gasteiger partial charge >= 0.3 is 0 Å². The first-order valence-electron chi connectivity index (χ1n) is 6.32. The lowest BCUT2D eigenvalue weighted by atomic mass is 10.0. The van der Waals surface area contributed by atoms with Crippen molar-refractivity contribution in [1.29, 1.82) is 0 Å². The number of rotatable bonds is 5. The predicted molar refractivity (Wildman–Crippen MR) is 79.5 cm³/mol. The van der Waals surface area contributed by atoms with E-state index in [1.807, 2.05) is 6.07 Å². The summed E-state index contributed by atoms with van der Waals surface area (Å²) in [6.45, 7) is -0.102. The van der Waals surface area contributed by atoms with Crippen molar-refractivity contribution in [2.45, 2.75) is 6.10 Å². The first kappa shape index (κ1) is 14.2. The zero-order chi connectivity index (χ0) is 14.5. The van der Waals surface area contributed by atoms with E-state index in [1.165, 1.54) is 0 Å². The molecule has 106 valence electrons. The summed E-state index contributed by atoms with van der Waals surface area (Å²) >= 11 is 0. The fraction of sp³-hybridized carbons (Fsp3) is 0.200. The number of aromatic hydroxyl groups is 1. The Hall–Kier alpha value is -2.24. The molecule has 2 aromatic rings. The van der Waals surface area contributed by atoms with Crippen molar-refractivity contribution < 1.29 is 15.3 Å². The van der Waals surface area contributed by atoms with Crippen LogP contribution >= 0.6 is 0 Å². The second kappa shape index (κ2) is 6.27. The van der Waals surface area contributed by atoms with Crippen LogP contribution in [0, 0.1) is 0 Å². The Kier molecular flexibility index (Phi) is 4.45. The van der Waals surface area contributed by atoms with E-state index in [2.05, 4.69) is 5.32 Å². The number of benzene rings is 2. The van der Waals surface area contributed by atoms with E-state index in [1.54, 1.807) is 36.4 Å². The third kappa shape index (κ3) is 3.20. The van der Waals surface area contributed by atoms with Crippen molar-refractivity contribution >= 4 is 11.4 Å². The fourth-order valence-corrected chi connectivity index (χ4v) is 1.93. The van der Waals surface area contributed by atoms with E-state index in [0.717, 1.165) is 11.3 Å². The molecule has 0 spiro atoms. The number of nitrogens with two attached hydrogens (primary N) is 1. The van der Waals surface area contributed by atoms with E-state index < -0.39 is 6.10 Å². The van der Waals surface area contributed by atoms with Gasteiger partial charge < -0.3 is 26.4 Å². The summed E-state index contributed by atoms with van der Waals surface area (Å²) in [5, 5.41) is 31.2. The van der Waals surface area contributed by atoms with Crippen LogP contribution in [0.15, 0.2) is 42.5 Å². The van der Waals surface area contributed by atoms with Gasteiger partial charge in [0.05, 0.1) is 12.7 Å².